The average Bonchev–Trinajstić information content (AvgIpc) is 3.42. The first kappa shape index (κ1) is 20.7. The molecule has 0 aliphatic rings. The minimum absolute atomic E-state index is 0.0117. The summed E-state index contributed by atoms with van der Waals surface area (Å²) < 4.78 is 7.49. The Bertz CT molecular complexity index is 1300. The number of halogens is 2. The van der Waals surface area contributed by atoms with Gasteiger partial charge in [0.25, 0.3) is 5.69 Å². The maximum atomic E-state index is 12.6. The summed E-state index contributed by atoms with van der Waals surface area (Å²) in [5.41, 5.74) is 2.12. The molecule has 2 aromatic heterocycles. The van der Waals surface area contributed by atoms with Crippen LogP contribution in [0.1, 0.15) is 16.2 Å². The Morgan fingerprint density at radius 3 is 2.52 bits per heavy atom. The molecule has 0 saturated heterocycles. The normalized spacial score (nSPS) is 11.2. The van der Waals surface area contributed by atoms with Gasteiger partial charge >= 0.3 is 0 Å². The number of nitro groups is 1. The molecule has 0 radical (unpaired) electrons. The molecule has 2 heterocycles. The first-order valence-electron chi connectivity index (χ1n) is 9.12. The highest BCUT2D eigenvalue weighted by Crippen LogP contribution is 2.31. The molecule has 31 heavy (non-hydrogen) atoms. The highest BCUT2D eigenvalue weighted by Gasteiger charge is 2.13. The molecule has 154 valence electrons. The number of nitro benzene ring substituents is 1. The zero-order chi connectivity index (χ0) is 22.0. The number of hydrogen-bond donors (Lipinski definition) is 0. The van der Waals surface area contributed by atoms with Crippen LogP contribution in [0.2, 0.25) is 10.0 Å². The van der Waals surface area contributed by atoms with Gasteiger partial charge in [-0.15, -0.1) is 0 Å². The smallest absolute Gasteiger partial charge is 0.269 e. The van der Waals surface area contributed by atoms with Crippen molar-refractivity contribution in [2.45, 2.75) is 0 Å². The van der Waals surface area contributed by atoms with E-state index in [1.165, 1.54) is 18.2 Å². The number of ketones is 1. The summed E-state index contributed by atoms with van der Waals surface area (Å²) in [4.78, 5) is 23.0. The van der Waals surface area contributed by atoms with Gasteiger partial charge in [-0.1, -0.05) is 23.2 Å². The number of nitrogens with zero attached hydrogens (tertiary/aromatic N) is 2. The summed E-state index contributed by atoms with van der Waals surface area (Å²) in [6.45, 7) is 0. The summed E-state index contributed by atoms with van der Waals surface area (Å²) in [6.07, 6.45) is 4.86. The van der Waals surface area contributed by atoms with Crippen molar-refractivity contribution in [3.63, 3.8) is 0 Å². The van der Waals surface area contributed by atoms with Gasteiger partial charge in [0.05, 0.1) is 9.95 Å². The quantitative estimate of drug-likeness (QED) is 0.138. The van der Waals surface area contributed by atoms with Crippen LogP contribution in [0.25, 0.3) is 23.1 Å². The van der Waals surface area contributed by atoms with Crippen molar-refractivity contribution < 1.29 is 14.1 Å². The van der Waals surface area contributed by atoms with Gasteiger partial charge < -0.3 is 8.98 Å². The monoisotopic (exact) mass is 452 g/mol. The lowest BCUT2D eigenvalue weighted by Crippen LogP contribution is -1.96. The second-order valence-electron chi connectivity index (χ2n) is 6.56. The van der Waals surface area contributed by atoms with Crippen LogP contribution >= 0.6 is 23.2 Å². The fourth-order valence-electron chi connectivity index (χ4n) is 3.05. The van der Waals surface area contributed by atoms with Gasteiger partial charge in [-0.25, -0.2) is 0 Å². The van der Waals surface area contributed by atoms with Crippen molar-refractivity contribution in [2.24, 2.45) is 0 Å². The Balaban J connectivity index is 1.54. The van der Waals surface area contributed by atoms with E-state index in [1.54, 1.807) is 54.7 Å². The molecule has 4 aromatic rings. The Kier molecular flexibility index (Phi) is 5.75. The first-order chi connectivity index (χ1) is 14.9. The molecule has 0 N–H and O–H groups in total. The summed E-state index contributed by atoms with van der Waals surface area (Å²) >= 11 is 12.1. The standard InChI is InChI=1S/C23H14Cl2N2O4/c24-15-3-9-19(20(25)14-15)22-11-12-23(31-22)21(28)10-8-16-2-1-13-26(16)17-4-6-18(7-5-17)27(29)30/h1-14H. The lowest BCUT2D eigenvalue weighted by atomic mass is 10.2. The van der Waals surface area contributed by atoms with E-state index in [0.29, 0.717) is 21.4 Å². The van der Waals surface area contributed by atoms with Crippen LogP contribution in [0, 0.1) is 10.1 Å². The van der Waals surface area contributed by atoms with Crippen LogP contribution in [-0.2, 0) is 0 Å². The van der Waals surface area contributed by atoms with E-state index in [2.05, 4.69) is 0 Å². The third-order valence-corrected chi connectivity index (χ3v) is 5.12. The van der Waals surface area contributed by atoms with Crippen molar-refractivity contribution in [2.75, 3.05) is 0 Å². The molecular weight excluding hydrogens is 439 g/mol. The maximum absolute atomic E-state index is 12.6. The van der Waals surface area contributed by atoms with Crippen LogP contribution < -0.4 is 0 Å². The maximum Gasteiger partial charge on any atom is 0.269 e. The fourth-order valence-corrected chi connectivity index (χ4v) is 3.55. The number of aromatic nitrogens is 1. The molecule has 0 fully saturated rings. The number of non-ortho nitro benzene ring substituents is 1. The fraction of sp³-hybridized carbons (Fsp3) is 0. The van der Waals surface area contributed by atoms with E-state index in [1.807, 2.05) is 16.7 Å². The SMILES string of the molecule is O=C(C=Cc1cccn1-c1ccc([N+](=O)[O-])cc1)c1ccc(-c2ccc(Cl)cc2Cl)o1. The van der Waals surface area contributed by atoms with Gasteiger partial charge in [-0.3, -0.25) is 14.9 Å². The highest BCUT2D eigenvalue weighted by molar-refractivity contribution is 6.36. The van der Waals surface area contributed by atoms with Gasteiger partial charge in [0.15, 0.2) is 5.76 Å². The van der Waals surface area contributed by atoms with E-state index in [9.17, 15) is 14.9 Å². The number of rotatable bonds is 6. The van der Waals surface area contributed by atoms with E-state index in [4.69, 9.17) is 27.6 Å². The summed E-state index contributed by atoms with van der Waals surface area (Å²) in [5.74, 6) is 0.325. The number of carbonyl (C=O) groups excluding carboxylic acids is 1. The molecule has 0 bridgehead atoms. The highest BCUT2D eigenvalue weighted by atomic mass is 35.5. The Morgan fingerprint density at radius 2 is 1.81 bits per heavy atom. The zero-order valence-electron chi connectivity index (χ0n) is 15.9. The van der Waals surface area contributed by atoms with Crippen LogP contribution in [0.5, 0.6) is 0 Å². The van der Waals surface area contributed by atoms with Crippen LogP contribution in [0.3, 0.4) is 0 Å². The minimum Gasteiger partial charge on any atom is -0.453 e. The van der Waals surface area contributed by atoms with E-state index in [-0.39, 0.29) is 17.2 Å². The lowest BCUT2D eigenvalue weighted by Gasteiger charge is -2.06. The van der Waals surface area contributed by atoms with Gasteiger partial charge in [-0.05, 0) is 66.7 Å². The van der Waals surface area contributed by atoms with Crippen LogP contribution in [0.4, 0.5) is 5.69 Å². The van der Waals surface area contributed by atoms with Crippen LogP contribution in [-0.4, -0.2) is 15.3 Å². The van der Waals surface area contributed by atoms with Crippen molar-refractivity contribution in [3.8, 4) is 17.0 Å². The summed E-state index contributed by atoms with van der Waals surface area (Å²) in [6, 6.07) is 18.1. The Hall–Kier alpha value is -3.61. The number of furan rings is 1. The molecule has 0 aliphatic carbocycles. The van der Waals surface area contributed by atoms with Gasteiger partial charge in [-0.2, -0.15) is 0 Å². The second kappa shape index (κ2) is 8.63. The zero-order valence-corrected chi connectivity index (χ0v) is 17.4. The molecule has 6 nitrogen and oxygen atoms in total. The molecule has 8 heteroatoms. The molecule has 0 spiro atoms. The van der Waals surface area contributed by atoms with Gasteiger partial charge in [0, 0.05) is 40.3 Å². The van der Waals surface area contributed by atoms with Crippen molar-refractivity contribution >= 4 is 40.7 Å². The van der Waals surface area contributed by atoms with E-state index < -0.39 is 4.92 Å². The van der Waals surface area contributed by atoms with Crippen LogP contribution in [0.15, 0.2) is 83.4 Å². The average molecular weight is 453 g/mol. The van der Waals surface area contributed by atoms with E-state index >= 15 is 0 Å². The van der Waals surface area contributed by atoms with E-state index in [0.717, 1.165) is 11.4 Å². The molecule has 2 aromatic carbocycles. The topological polar surface area (TPSA) is 78.3 Å². The Labute approximate surface area is 187 Å². The third-order valence-electron chi connectivity index (χ3n) is 4.57. The summed E-state index contributed by atoms with van der Waals surface area (Å²) in [5, 5.41) is 11.8. The molecular formula is C23H14Cl2N2O4. The first-order valence-corrected chi connectivity index (χ1v) is 9.88. The predicted octanol–water partition coefficient (Wildman–Crippen LogP) is 6.85. The lowest BCUT2D eigenvalue weighted by molar-refractivity contribution is -0.384. The summed E-state index contributed by atoms with van der Waals surface area (Å²) in [7, 11) is 0. The van der Waals surface area contributed by atoms with Gasteiger partial charge in [0.2, 0.25) is 5.78 Å². The molecule has 4 rings (SSSR count). The molecule has 0 saturated carbocycles. The number of allylic oxidation sites excluding steroid dienone is 1. The number of benzene rings is 2. The van der Waals surface area contributed by atoms with Crippen molar-refractivity contribution in [3.05, 3.63) is 111 Å². The minimum atomic E-state index is -0.451. The molecule has 0 atom stereocenters. The largest absolute Gasteiger partial charge is 0.453 e. The molecule has 0 amide bonds. The molecule has 0 unspecified atom stereocenters. The van der Waals surface area contributed by atoms with Crippen molar-refractivity contribution in [1.82, 2.24) is 4.57 Å². The number of hydrogen-bond acceptors (Lipinski definition) is 4. The Morgan fingerprint density at radius 1 is 1.03 bits per heavy atom. The van der Waals surface area contributed by atoms with Gasteiger partial charge in [0.1, 0.15) is 5.76 Å². The second-order valence-corrected chi connectivity index (χ2v) is 7.41. The van der Waals surface area contributed by atoms with Crippen molar-refractivity contribution in [1.29, 1.82) is 0 Å². The third kappa shape index (κ3) is 4.45. The molecule has 0 aliphatic heterocycles. The number of carbonyl (C=O) groups is 1. The predicted molar refractivity (Wildman–Crippen MR) is 120 cm³/mol.